The Morgan fingerprint density at radius 2 is 2.19 bits per heavy atom. The van der Waals surface area contributed by atoms with Crippen molar-refractivity contribution in [3.05, 3.63) is 29.6 Å². The highest BCUT2D eigenvalue weighted by Gasteiger charge is 2.19. The van der Waals surface area contributed by atoms with E-state index in [0.29, 0.717) is 11.1 Å². The van der Waals surface area contributed by atoms with E-state index in [0.717, 1.165) is 0 Å². The molecule has 0 aliphatic carbocycles. The lowest BCUT2D eigenvalue weighted by atomic mass is 10.1. The summed E-state index contributed by atoms with van der Waals surface area (Å²) in [5.41, 5.74) is 6.35. The minimum Gasteiger partial charge on any atom is -0.469 e. The van der Waals surface area contributed by atoms with Crippen LogP contribution in [-0.4, -0.2) is 49.0 Å². The summed E-state index contributed by atoms with van der Waals surface area (Å²) in [6.07, 6.45) is 3.03. The molecule has 1 rings (SSSR count). The van der Waals surface area contributed by atoms with Gasteiger partial charge in [0.05, 0.1) is 25.1 Å². The van der Waals surface area contributed by atoms with Crippen LogP contribution in [0.3, 0.4) is 0 Å². The van der Waals surface area contributed by atoms with E-state index in [2.05, 4.69) is 21.6 Å². The molecule has 2 N–H and O–H groups in total. The molecule has 6 nitrogen and oxygen atoms in total. The predicted molar refractivity (Wildman–Crippen MR) is 78.3 cm³/mol. The van der Waals surface area contributed by atoms with Crippen molar-refractivity contribution in [2.45, 2.75) is 6.92 Å². The summed E-state index contributed by atoms with van der Waals surface area (Å²) in [6, 6.07) is 1.65. The number of carbonyl (C=O) groups is 2. The number of esters is 1. The molecular formula is C15H19N3O3. The molecule has 0 aliphatic rings. The first-order valence-corrected chi connectivity index (χ1v) is 6.46. The Morgan fingerprint density at radius 3 is 2.81 bits per heavy atom. The summed E-state index contributed by atoms with van der Waals surface area (Å²) in [5, 5.41) is 0. The third kappa shape index (κ3) is 4.89. The van der Waals surface area contributed by atoms with E-state index < -0.39 is 5.92 Å². The minimum atomic E-state index is -0.392. The molecule has 0 aromatic carbocycles. The molecule has 1 heterocycles. The van der Waals surface area contributed by atoms with Crippen LogP contribution in [0.2, 0.25) is 0 Å². The third-order valence-corrected chi connectivity index (χ3v) is 2.82. The first-order valence-electron chi connectivity index (χ1n) is 6.46. The van der Waals surface area contributed by atoms with Gasteiger partial charge in [0.25, 0.3) is 5.91 Å². The molecule has 0 radical (unpaired) electrons. The van der Waals surface area contributed by atoms with Crippen molar-refractivity contribution in [1.82, 2.24) is 9.88 Å². The predicted octanol–water partition coefficient (Wildman–Crippen LogP) is 0.273. The largest absolute Gasteiger partial charge is 0.469 e. The Kier molecular flexibility index (Phi) is 6.37. The summed E-state index contributed by atoms with van der Waals surface area (Å²) in [6.45, 7) is 2.22. The standard InChI is InChI=1S/C15H19N3O3/c1-11(15(20)21-3)10-18(2)14(19)13-7-12(5-4-6-16)8-17-9-13/h7-9,11H,6,10,16H2,1-3H3. The Labute approximate surface area is 124 Å². The SMILES string of the molecule is COC(=O)C(C)CN(C)C(=O)c1cncc(C#CCN)c1. The van der Waals surface area contributed by atoms with Gasteiger partial charge in [0.2, 0.25) is 0 Å². The summed E-state index contributed by atoms with van der Waals surface area (Å²) >= 11 is 0. The molecule has 1 atom stereocenters. The van der Waals surface area contributed by atoms with Gasteiger partial charge in [0.1, 0.15) is 0 Å². The maximum absolute atomic E-state index is 12.3. The van der Waals surface area contributed by atoms with E-state index in [4.69, 9.17) is 5.73 Å². The number of carbonyl (C=O) groups excluding carboxylic acids is 2. The number of amides is 1. The molecule has 1 aromatic rings. The number of methoxy groups -OCH3 is 1. The lowest BCUT2D eigenvalue weighted by Gasteiger charge is -2.20. The van der Waals surface area contributed by atoms with Gasteiger partial charge in [-0.05, 0) is 6.07 Å². The Bertz CT molecular complexity index is 575. The molecule has 0 aliphatic heterocycles. The number of nitrogens with zero attached hydrogens (tertiary/aromatic N) is 2. The van der Waals surface area contributed by atoms with Crippen molar-refractivity contribution in [2.24, 2.45) is 11.7 Å². The highest BCUT2D eigenvalue weighted by molar-refractivity contribution is 5.94. The topological polar surface area (TPSA) is 85.5 Å². The van der Waals surface area contributed by atoms with E-state index in [-0.39, 0.29) is 25.0 Å². The van der Waals surface area contributed by atoms with Crippen LogP contribution < -0.4 is 5.73 Å². The van der Waals surface area contributed by atoms with E-state index in [1.165, 1.54) is 18.2 Å². The molecule has 0 spiro atoms. The minimum absolute atomic E-state index is 0.227. The van der Waals surface area contributed by atoms with Gasteiger partial charge in [0, 0.05) is 31.5 Å². The summed E-state index contributed by atoms with van der Waals surface area (Å²) in [4.78, 5) is 29.1. The van der Waals surface area contributed by atoms with E-state index in [9.17, 15) is 9.59 Å². The van der Waals surface area contributed by atoms with E-state index >= 15 is 0 Å². The fourth-order valence-electron chi connectivity index (χ4n) is 1.77. The van der Waals surface area contributed by atoms with Crippen LogP contribution in [0, 0.1) is 17.8 Å². The Balaban J connectivity index is 2.80. The highest BCUT2D eigenvalue weighted by atomic mass is 16.5. The van der Waals surface area contributed by atoms with Gasteiger partial charge >= 0.3 is 5.97 Å². The average Bonchev–Trinajstić information content (AvgIpc) is 2.51. The molecule has 1 amide bonds. The summed E-state index contributed by atoms with van der Waals surface area (Å²) < 4.78 is 4.64. The second-order valence-corrected chi connectivity index (χ2v) is 4.58. The van der Waals surface area contributed by atoms with Crippen LogP contribution in [0.4, 0.5) is 0 Å². The fourth-order valence-corrected chi connectivity index (χ4v) is 1.77. The van der Waals surface area contributed by atoms with Gasteiger partial charge in [-0.25, -0.2) is 0 Å². The lowest BCUT2D eigenvalue weighted by molar-refractivity contribution is -0.145. The second-order valence-electron chi connectivity index (χ2n) is 4.58. The molecule has 0 saturated carbocycles. The maximum Gasteiger partial charge on any atom is 0.310 e. The molecule has 0 saturated heterocycles. The van der Waals surface area contributed by atoms with Gasteiger partial charge < -0.3 is 15.4 Å². The smallest absolute Gasteiger partial charge is 0.310 e. The van der Waals surface area contributed by atoms with Crippen LogP contribution >= 0.6 is 0 Å². The molecule has 21 heavy (non-hydrogen) atoms. The van der Waals surface area contributed by atoms with Crippen LogP contribution in [0.15, 0.2) is 18.5 Å². The lowest BCUT2D eigenvalue weighted by Crippen LogP contribution is -2.34. The van der Waals surface area contributed by atoms with Gasteiger partial charge in [-0.2, -0.15) is 0 Å². The number of ether oxygens (including phenoxy) is 1. The van der Waals surface area contributed by atoms with Crippen LogP contribution in [-0.2, 0) is 9.53 Å². The van der Waals surface area contributed by atoms with Crippen molar-refractivity contribution in [2.75, 3.05) is 27.2 Å². The molecule has 1 unspecified atom stereocenters. The molecule has 0 bridgehead atoms. The van der Waals surface area contributed by atoms with E-state index in [1.807, 2.05) is 0 Å². The van der Waals surface area contributed by atoms with Crippen molar-refractivity contribution >= 4 is 11.9 Å². The number of hydrogen-bond donors (Lipinski definition) is 1. The van der Waals surface area contributed by atoms with Crippen LogP contribution in [0.5, 0.6) is 0 Å². The Hall–Kier alpha value is -2.39. The van der Waals surface area contributed by atoms with E-state index in [1.54, 1.807) is 26.2 Å². The number of nitrogens with two attached hydrogens (primary N) is 1. The first-order chi connectivity index (χ1) is 9.99. The van der Waals surface area contributed by atoms with Gasteiger partial charge in [0.15, 0.2) is 0 Å². The Morgan fingerprint density at radius 1 is 1.48 bits per heavy atom. The number of hydrogen-bond acceptors (Lipinski definition) is 5. The first kappa shape index (κ1) is 16.7. The molecule has 0 fully saturated rings. The molecule has 112 valence electrons. The zero-order valence-corrected chi connectivity index (χ0v) is 12.4. The fraction of sp³-hybridized carbons (Fsp3) is 0.400. The van der Waals surface area contributed by atoms with Crippen molar-refractivity contribution in [3.8, 4) is 11.8 Å². The van der Waals surface area contributed by atoms with Gasteiger partial charge in [-0.3, -0.25) is 14.6 Å². The second kappa shape index (κ2) is 8.02. The zero-order chi connectivity index (χ0) is 15.8. The monoisotopic (exact) mass is 289 g/mol. The van der Waals surface area contributed by atoms with Gasteiger partial charge in [-0.15, -0.1) is 0 Å². The van der Waals surface area contributed by atoms with Crippen molar-refractivity contribution in [1.29, 1.82) is 0 Å². The maximum atomic E-state index is 12.3. The normalized spacial score (nSPS) is 11.0. The summed E-state index contributed by atoms with van der Waals surface area (Å²) in [7, 11) is 2.95. The average molecular weight is 289 g/mol. The quantitative estimate of drug-likeness (QED) is 0.635. The molecule has 1 aromatic heterocycles. The summed E-state index contributed by atoms with van der Waals surface area (Å²) in [5.74, 6) is 4.56. The number of pyridine rings is 1. The van der Waals surface area contributed by atoms with Crippen molar-refractivity contribution in [3.63, 3.8) is 0 Å². The van der Waals surface area contributed by atoms with Crippen LogP contribution in [0.25, 0.3) is 0 Å². The van der Waals surface area contributed by atoms with Crippen molar-refractivity contribution < 1.29 is 14.3 Å². The van der Waals surface area contributed by atoms with Gasteiger partial charge in [-0.1, -0.05) is 18.8 Å². The highest BCUT2D eigenvalue weighted by Crippen LogP contribution is 2.08. The number of rotatable bonds is 4. The number of aromatic nitrogens is 1. The molecular weight excluding hydrogens is 270 g/mol. The van der Waals surface area contributed by atoms with Crippen LogP contribution in [0.1, 0.15) is 22.8 Å². The molecule has 6 heteroatoms. The third-order valence-electron chi connectivity index (χ3n) is 2.82. The zero-order valence-electron chi connectivity index (χ0n) is 12.4.